The number of amides is 1. The largest absolute Gasteiger partial charge is 0.316 e. The Balaban J connectivity index is 2.49. The van der Waals surface area contributed by atoms with E-state index in [-0.39, 0.29) is 17.6 Å². The second-order valence-electron chi connectivity index (χ2n) is 3.41. The Morgan fingerprint density at radius 1 is 1.57 bits per heavy atom. The predicted molar refractivity (Wildman–Crippen MR) is 53.2 cm³/mol. The van der Waals surface area contributed by atoms with E-state index in [9.17, 15) is 13.2 Å². The first-order valence-corrected chi connectivity index (χ1v) is 6.45. The first kappa shape index (κ1) is 11.5. The summed E-state index contributed by atoms with van der Waals surface area (Å²) in [4.78, 5) is 11.4. The van der Waals surface area contributed by atoms with Crippen molar-refractivity contribution in [3.8, 4) is 0 Å². The molecule has 2 N–H and O–H groups in total. The Morgan fingerprint density at radius 2 is 2.29 bits per heavy atom. The zero-order valence-electron chi connectivity index (χ0n) is 8.25. The molecule has 1 aliphatic rings. The molecule has 0 aromatic rings. The van der Waals surface area contributed by atoms with Crippen molar-refractivity contribution >= 4 is 15.9 Å². The highest BCUT2D eigenvalue weighted by atomic mass is 32.2. The maximum atomic E-state index is 11.4. The van der Waals surface area contributed by atoms with Crippen LogP contribution < -0.4 is 10.0 Å². The van der Waals surface area contributed by atoms with E-state index >= 15 is 0 Å². The smallest absolute Gasteiger partial charge is 0.237 e. The number of rotatable bonds is 3. The third-order valence-corrected chi connectivity index (χ3v) is 3.58. The first-order chi connectivity index (χ1) is 6.55. The number of sulfonamides is 1. The van der Waals surface area contributed by atoms with Crippen LogP contribution in [-0.2, 0) is 14.8 Å². The van der Waals surface area contributed by atoms with E-state index < -0.39 is 10.0 Å². The highest BCUT2D eigenvalue weighted by molar-refractivity contribution is 7.90. The molecule has 1 fully saturated rings. The Morgan fingerprint density at radius 3 is 2.79 bits per heavy atom. The quantitative estimate of drug-likeness (QED) is 0.669. The summed E-state index contributed by atoms with van der Waals surface area (Å²) in [6.45, 7) is 2.99. The van der Waals surface area contributed by atoms with Gasteiger partial charge in [-0.2, -0.15) is 0 Å². The number of nitrogens with one attached hydrogen (secondary N) is 2. The number of hydrogen-bond donors (Lipinski definition) is 2. The number of hydrogen-bond acceptors (Lipinski definition) is 4. The molecule has 0 aromatic carbocycles. The molecule has 0 bridgehead atoms. The molecule has 82 valence electrons. The number of carbonyl (C=O) groups is 1. The van der Waals surface area contributed by atoms with E-state index in [0.29, 0.717) is 6.54 Å². The van der Waals surface area contributed by atoms with Crippen LogP contribution in [0.25, 0.3) is 0 Å². The van der Waals surface area contributed by atoms with Crippen LogP contribution in [0.1, 0.15) is 19.8 Å². The molecule has 0 radical (unpaired) electrons. The van der Waals surface area contributed by atoms with Gasteiger partial charge in [-0.15, -0.1) is 0 Å². The summed E-state index contributed by atoms with van der Waals surface area (Å²) in [6, 6.07) is 0. The molecule has 1 saturated heterocycles. The van der Waals surface area contributed by atoms with E-state index in [2.05, 4.69) is 10.0 Å². The highest BCUT2D eigenvalue weighted by Crippen LogP contribution is 2.09. The van der Waals surface area contributed by atoms with Crippen LogP contribution in [-0.4, -0.2) is 33.2 Å². The van der Waals surface area contributed by atoms with Crippen LogP contribution in [0.15, 0.2) is 0 Å². The molecule has 1 atom stereocenters. The van der Waals surface area contributed by atoms with Gasteiger partial charge in [0.1, 0.15) is 0 Å². The van der Waals surface area contributed by atoms with Crippen molar-refractivity contribution in [1.82, 2.24) is 10.0 Å². The fraction of sp³-hybridized carbons (Fsp3) is 0.875. The third-order valence-electron chi connectivity index (χ3n) is 2.30. The van der Waals surface area contributed by atoms with Crippen LogP contribution in [0.4, 0.5) is 0 Å². The van der Waals surface area contributed by atoms with Crippen LogP contribution in [0.5, 0.6) is 0 Å². The first-order valence-electron chi connectivity index (χ1n) is 4.80. The van der Waals surface area contributed by atoms with Gasteiger partial charge in [0.05, 0.1) is 11.7 Å². The molecule has 0 spiro atoms. The highest BCUT2D eigenvalue weighted by Gasteiger charge is 2.23. The van der Waals surface area contributed by atoms with E-state index in [0.717, 1.165) is 19.4 Å². The van der Waals surface area contributed by atoms with Crippen molar-refractivity contribution in [3.63, 3.8) is 0 Å². The molecular weight excluding hydrogens is 204 g/mol. The second-order valence-corrected chi connectivity index (χ2v) is 5.42. The fourth-order valence-corrected chi connectivity index (χ4v) is 2.00. The Bertz CT molecular complexity index is 294. The van der Waals surface area contributed by atoms with Gasteiger partial charge in [-0.3, -0.25) is 9.52 Å². The van der Waals surface area contributed by atoms with Crippen molar-refractivity contribution < 1.29 is 13.2 Å². The molecule has 5 nitrogen and oxygen atoms in total. The van der Waals surface area contributed by atoms with Crippen LogP contribution in [0.2, 0.25) is 0 Å². The molecule has 1 heterocycles. The summed E-state index contributed by atoms with van der Waals surface area (Å²) < 4.78 is 24.3. The summed E-state index contributed by atoms with van der Waals surface area (Å²) in [5.74, 6) is -0.636. The molecule has 1 rings (SSSR count). The maximum Gasteiger partial charge on any atom is 0.237 e. The minimum Gasteiger partial charge on any atom is -0.316 e. The second kappa shape index (κ2) is 4.75. The maximum absolute atomic E-state index is 11.4. The Labute approximate surface area is 84.3 Å². The molecule has 0 saturated carbocycles. The average Bonchev–Trinajstić information content (AvgIpc) is 2.19. The van der Waals surface area contributed by atoms with Gasteiger partial charge in [0, 0.05) is 6.54 Å². The monoisotopic (exact) mass is 220 g/mol. The fourth-order valence-electron chi connectivity index (χ4n) is 1.38. The molecule has 0 aromatic heterocycles. The van der Waals surface area contributed by atoms with Gasteiger partial charge >= 0.3 is 0 Å². The summed E-state index contributed by atoms with van der Waals surface area (Å²) >= 11 is 0. The third kappa shape index (κ3) is 3.26. The van der Waals surface area contributed by atoms with Crippen molar-refractivity contribution in [2.45, 2.75) is 19.8 Å². The van der Waals surface area contributed by atoms with Crippen molar-refractivity contribution in [1.29, 1.82) is 0 Å². The lowest BCUT2D eigenvalue weighted by Crippen LogP contribution is -2.43. The average molecular weight is 220 g/mol. The van der Waals surface area contributed by atoms with E-state index in [1.165, 1.54) is 6.92 Å². The van der Waals surface area contributed by atoms with Gasteiger partial charge in [0.25, 0.3) is 0 Å². The molecule has 1 unspecified atom stereocenters. The summed E-state index contributed by atoms with van der Waals surface area (Å²) in [6.07, 6.45) is 1.68. The van der Waals surface area contributed by atoms with Crippen molar-refractivity contribution in [3.05, 3.63) is 0 Å². The minimum absolute atomic E-state index is 0.0567. The minimum atomic E-state index is -3.40. The number of carbonyl (C=O) groups excluding carboxylic acids is 1. The van der Waals surface area contributed by atoms with Crippen LogP contribution >= 0.6 is 0 Å². The summed E-state index contributed by atoms with van der Waals surface area (Å²) in [5.41, 5.74) is 0. The van der Waals surface area contributed by atoms with Gasteiger partial charge in [-0.25, -0.2) is 8.42 Å². The van der Waals surface area contributed by atoms with Gasteiger partial charge in [-0.1, -0.05) is 0 Å². The van der Waals surface area contributed by atoms with Gasteiger partial charge < -0.3 is 5.32 Å². The van der Waals surface area contributed by atoms with Gasteiger partial charge in [0.2, 0.25) is 15.9 Å². The predicted octanol–water partition coefficient (Wildman–Crippen LogP) is -0.548. The zero-order valence-corrected chi connectivity index (χ0v) is 9.06. The standard InChI is InChI=1S/C8H16N2O3S/c1-2-14(12,13)10-8(11)7-4-3-5-9-6-7/h7,9H,2-6H2,1H3,(H,10,11). The molecular formula is C8H16N2O3S. The zero-order chi connectivity index (χ0) is 10.6. The summed E-state index contributed by atoms with van der Waals surface area (Å²) in [5, 5.41) is 3.06. The van der Waals surface area contributed by atoms with Crippen LogP contribution in [0, 0.1) is 5.92 Å². The van der Waals surface area contributed by atoms with Crippen molar-refractivity contribution in [2.24, 2.45) is 5.92 Å². The number of piperidine rings is 1. The molecule has 6 heteroatoms. The summed E-state index contributed by atoms with van der Waals surface area (Å²) in [7, 11) is -3.40. The van der Waals surface area contributed by atoms with Gasteiger partial charge in [-0.05, 0) is 26.3 Å². The molecule has 14 heavy (non-hydrogen) atoms. The molecule has 1 amide bonds. The Kier molecular flexibility index (Phi) is 3.88. The van der Waals surface area contributed by atoms with Crippen LogP contribution in [0.3, 0.4) is 0 Å². The molecule has 0 aliphatic carbocycles. The van der Waals surface area contributed by atoms with E-state index in [1.54, 1.807) is 0 Å². The lowest BCUT2D eigenvalue weighted by atomic mass is 9.99. The normalized spacial score (nSPS) is 23.1. The SMILES string of the molecule is CCS(=O)(=O)NC(=O)C1CCCNC1. The molecule has 1 aliphatic heterocycles. The van der Waals surface area contributed by atoms with E-state index in [4.69, 9.17) is 0 Å². The Hall–Kier alpha value is -0.620. The van der Waals surface area contributed by atoms with Gasteiger partial charge in [0.15, 0.2) is 0 Å². The lowest BCUT2D eigenvalue weighted by molar-refractivity contribution is -0.123. The van der Waals surface area contributed by atoms with E-state index in [1.807, 2.05) is 0 Å². The topological polar surface area (TPSA) is 75.3 Å². The van der Waals surface area contributed by atoms with Crippen molar-refractivity contribution in [2.75, 3.05) is 18.8 Å². The lowest BCUT2D eigenvalue weighted by Gasteiger charge is -2.21.